The molecule has 1 N–H and O–H groups in total. The lowest BCUT2D eigenvalue weighted by Crippen LogP contribution is -2.20. The SMILES string of the molecule is c1cc(NC2CCOC2)n2ccnc2c1. The molecule has 3 heterocycles. The number of hydrogen-bond acceptors (Lipinski definition) is 3. The van der Waals surface area contributed by atoms with Crippen LogP contribution in [0.15, 0.2) is 30.6 Å². The van der Waals surface area contributed by atoms with Gasteiger partial charge >= 0.3 is 0 Å². The van der Waals surface area contributed by atoms with Crippen LogP contribution in [-0.4, -0.2) is 28.6 Å². The zero-order chi connectivity index (χ0) is 10.1. The quantitative estimate of drug-likeness (QED) is 0.804. The van der Waals surface area contributed by atoms with Gasteiger partial charge in [0.1, 0.15) is 11.5 Å². The summed E-state index contributed by atoms with van der Waals surface area (Å²) in [4.78, 5) is 4.25. The van der Waals surface area contributed by atoms with Gasteiger partial charge in [-0.1, -0.05) is 6.07 Å². The van der Waals surface area contributed by atoms with Crippen molar-refractivity contribution in [2.24, 2.45) is 0 Å². The van der Waals surface area contributed by atoms with Crippen LogP contribution in [0, 0.1) is 0 Å². The van der Waals surface area contributed by atoms with Crippen LogP contribution in [0.4, 0.5) is 5.82 Å². The zero-order valence-corrected chi connectivity index (χ0v) is 8.39. The molecule has 2 aromatic rings. The van der Waals surface area contributed by atoms with Crippen LogP contribution in [0.1, 0.15) is 6.42 Å². The maximum atomic E-state index is 5.34. The fourth-order valence-electron chi connectivity index (χ4n) is 1.92. The number of pyridine rings is 1. The van der Waals surface area contributed by atoms with Crippen LogP contribution < -0.4 is 5.32 Å². The van der Waals surface area contributed by atoms with Crippen molar-refractivity contribution in [3.05, 3.63) is 30.6 Å². The largest absolute Gasteiger partial charge is 0.379 e. The van der Waals surface area contributed by atoms with E-state index in [4.69, 9.17) is 4.74 Å². The van der Waals surface area contributed by atoms with Crippen molar-refractivity contribution in [3.63, 3.8) is 0 Å². The third kappa shape index (κ3) is 1.57. The van der Waals surface area contributed by atoms with Crippen molar-refractivity contribution in [1.82, 2.24) is 9.38 Å². The van der Waals surface area contributed by atoms with Gasteiger partial charge in [-0.25, -0.2) is 4.98 Å². The molecule has 0 radical (unpaired) electrons. The molecule has 1 saturated heterocycles. The molecule has 0 amide bonds. The number of rotatable bonds is 2. The number of anilines is 1. The second-order valence-electron chi connectivity index (χ2n) is 3.77. The highest BCUT2D eigenvalue weighted by atomic mass is 16.5. The summed E-state index contributed by atoms with van der Waals surface area (Å²) in [6.07, 6.45) is 4.85. The van der Waals surface area contributed by atoms with E-state index in [1.165, 1.54) is 0 Å². The number of imidazole rings is 1. The number of nitrogens with zero attached hydrogens (tertiary/aromatic N) is 2. The molecule has 0 spiro atoms. The summed E-state index contributed by atoms with van der Waals surface area (Å²) in [5.41, 5.74) is 0.971. The maximum absolute atomic E-state index is 5.34. The monoisotopic (exact) mass is 203 g/mol. The van der Waals surface area contributed by atoms with Gasteiger partial charge in [0.25, 0.3) is 0 Å². The van der Waals surface area contributed by atoms with E-state index in [0.717, 1.165) is 31.1 Å². The summed E-state index contributed by atoms with van der Waals surface area (Å²) in [6.45, 7) is 1.66. The van der Waals surface area contributed by atoms with Crippen LogP contribution in [0.3, 0.4) is 0 Å². The molecule has 0 aromatic carbocycles. The molecule has 4 nitrogen and oxygen atoms in total. The second-order valence-corrected chi connectivity index (χ2v) is 3.77. The molecule has 0 aliphatic carbocycles. The normalized spacial score (nSPS) is 20.9. The minimum atomic E-state index is 0.429. The first-order valence-corrected chi connectivity index (χ1v) is 5.20. The summed E-state index contributed by atoms with van der Waals surface area (Å²) < 4.78 is 7.39. The van der Waals surface area contributed by atoms with Crippen molar-refractivity contribution >= 4 is 11.5 Å². The molecule has 3 rings (SSSR count). The van der Waals surface area contributed by atoms with Gasteiger partial charge in [-0.15, -0.1) is 0 Å². The molecule has 0 bridgehead atoms. The van der Waals surface area contributed by atoms with Crippen LogP contribution in [-0.2, 0) is 4.74 Å². The molecule has 1 atom stereocenters. The van der Waals surface area contributed by atoms with Crippen molar-refractivity contribution in [3.8, 4) is 0 Å². The summed E-state index contributed by atoms with van der Waals surface area (Å²) in [5.74, 6) is 1.08. The van der Waals surface area contributed by atoms with Crippen molar-refractivity contribution in [1.29, 1.82) is 0 Å². The first kappa shape index (κ1) is 8.73. The highest BCUT2D eigenvalue weighted by Gasteiger charge is 2.15. The van der Waals surface area contributed by atoms with Gasteiger partial charge in [0.2, 0.25) is 0 Å². The molecule has 78 valence electrons. The number of aromatic nitrogens is 2. The molecule has 4 heteroatoms. The molecule has 0 saturated carbocycles. The van der Waals surface area contributed by atoms with E-state index in [2.05, 4.69) is 20.8 Å². The molecule has 15 heavy (non-hydrogen) atoms. The topological polar surface area (TPSA) is 38.6 Å². The van der Waals surface area contributed by atoms with Crippen LogP contribution in [0.2, 0.25) is 0 Å². The Hall–Kier alpha value is -1.55. The standard InChI is InChI=1S/C11H13N3O/c1-2-10-12-5-6-14(10)11(3-1)13-9-4-7-15-8-9/h1-3,5-6,9,13H,4,7-8H2. The van der Waals surface area contributed by atoms with Crippen LogP contribution in [0.5, 0.6) is 0 Å². The Bertz CT molecular complexity index is 460. The van der Waals surface area contributed by atoms with Crippen molar-refractivity contribution < 1.29 is 4.74 Å². The number of ether oxygens (including phenoxy) is 1. The number of nitrogens with one attached hydrogen (secondary N) is 1. The Morgan fingerprint density at radius 3 is 3.33 bits per heavy atom. The predicted octanol–water partition coefficient (Wildman–Crippen LogP) is 1.54. The highest BCUT2D eigenvalue weighted by Crippen LogP contribution is 2.15. The first-order chi connectivity index (χ1) is 7.43. The van der Waals surface area contributed by atoms with Gasteiger partial charge < -0.3 is 10.1 Å². The van der Waals surface area contributed by atoms with E-state index in [1.54, 1.807) is 0 Å². The molecule has 1 aliphatic heterocycles. The van der Waals surface area contributed by atoms with E-state index < -0.39 is 0 Å². The predicted molar refractivity (Wildman–Crippen MR) is 58.0 cm³/mol. The summed E-state index contributed by atoms with van der Waals surface area (Å²) in [5, 5.41) is 3.47. The van der Waals surface area contributed by atoms with E-state index in [0.29, 0.717) is 6.04 Å². The lowest BCUT2D eigenvalue weighted by Gasteiger charge is -2.13. The third-order valence-electron chi connectivity index (χ3n) is 2.71. The van der Waals surface area contributed by atoms with E-state index in [9.17, 15) is 0 Å². The minimum Gasteiger partial charge on any atom is -0.379 e. The summed E-state index contributed by atoms with van der Waals surface area (Å²) in [6, 6.07) is 6.50. The number of hydrogen-bond donors (Lipinski definition) is 1. The van der Waals surface area contributed by atoms with E-state index >= 15 is 0 Å². The summed E-state index contributed by atoms with van der Waals surface area (Å²) in [7, 11) is 0. The maximum Gasteiger partial charge on any atom is 0.138 e. The average molecular weight is 203 g/mol. The molecular formula is C11H13N3O. The zero-order valence-electron chi connectivity index (χ0n) is 8.39. The first-order valence-electron chi connectivity index (χ1n) is 5.20. The molecule has 1 aliphatic rings. The highest BCUT2D eigenvalue weighted by molar-refractivity contribution is 5.50. The Kier molecular flexibility index (Phi) is 2.07. The minimum absolute atomic E-state index is 0.429. The van der Waals surface area contributed by atoms with Crippen molar-refractivity contribution in [2.45, 2.75) is 12.5 Å². The van der Waals surface area contributed by atoms with Gasteiger partial charge in [0, 0.05) is 19.0 Å². The molecule has 1 unspecified atom stereocenters. The van der Waals surface area contributed by atoms with Crippen LogP contribution in [0.25, 0.3) is 5.65 Å². The Labute approximate surface area is 87.9 Å². The fraction of sp³-hybridized carbons (Fsp3) is 0.364. The fourth-order valence-corrected chi connectivity index (χ4v) is 1.92. The lowest BCUT2D eigenvalue weighted by molar-refractivity contribution is 0.195. The molecule has 1 fully saturated rings. The average Bonchev–Trinajstić information content (AvgIpc) is 2.87. The van der Waals surface area contributed by atoms with Gasteiger partial charge in [-0.05, 0) is 18.6 Å². The smallest absolute Gasteiger partial charge is 0.138 e. The Morgan fingerprint density at radius 1 is 1.47 bits per heavy atom. The van der Waals surface area contributed by atoms with E-state index in [1.807, 2.05) is 24.5 Å². The Balaban J connectivity index is 1.92. The van der Waals surface area contributed by atoms with Crippen LogP contribution >= 0.6 is 0 Å². The second kappa shape index (κ2) is 3.55. The molecule has 2 aromatic heterocycles. The Morgan fingerprint density at radius 2 is 2.47 bits per heavy atom. The lowest BCUT2D eigenvalue weighted by atomic mass is 10.2. The summed E-state index contributed by atoms with van der Waals surface area (Å²) >= 11 is 0. The van der Waals surface area contributed by atoms with Gasteiger partial charge in [-0.3, -0.25) is 4.40 Å². The molecular weight excluding hydrogens is 190 g/mol. The number of fused-ring (bicyclic) bond motifs is 1. The van der Waals surface area contributed by atoms with Gasteiger partial charge in [0.15, 0.2) is 0 Å². The third-order valence-corrected chi connectivity index (χ3v) is 2.71. The van der Waals surface area contributed by atoms with E-state index in [-0.39, 0.29) is 0 Å². The van der Waals surface area contributed by atoms with Gasteiger partial charge in [0.05, 0.1) is 12.6 Å². The van der Waals surface area contributed by atoms with Crippen molar-refractivity contribution in [2.75, 3.05) is 18.5 Å². The van der Waals surface area contributed by atoms with Gasteiger partial charge in [-0.2, -0.15) is 0 Å².